The minimum absolute atomic E-state index is 0.192. The SMILES string of the molecule is CC(C)(O)C(=O)c1ccc(C(OCCn2c(=O)n(CCOC(c3ccc(C(=O)C(C)(C)O)cc3)c3ccc(C(=O)C(C)(C)O)cc3)c(=O)n(CCOC(c3ccc(C(=O)C(C)(C)O)cc3)c3ccc(C(=O)C(C)(C)O)cc3)c2=O)c2ccc(C(=O)C(C)(C)O)cc2)cc1. The van der Waals surface area contributed by atoms with Gasteiger partial charge in [0.05, 0.1) is 39.5 Å². The average molecular weight is 1280 g/mol. The first-order valence-electron chi connectivity index (χ1n) is 30.2. The van der Waals surface area contributed by atoms with Gasteiger partial charge in [-0.25, -0.2) is 28.1 Å². The number of ketones is 6. The van der Waals surface area contributed by atoms with Gasteiger partial charge in [0.1, 0.15) is 51.9 Å². The lowest BCUT2D eigenvalue weighted by atomic mass is 9.92. The molecule has 21 heteroatoms. The highest BCUT2D eigenvalue weighted by molar-refractivity contribution is 6.04. The van der Waals surface area contributed by atoms with E-state index in [-0.39, 0.29) is 53.2 Å². The maximum absolute atomic E-state index is 14.8. The van der Waals surface area contributed by atoms with Gasteiger partial charge in [0.25, 0.3) is 0 Å². The molecule has 0 aliphatic heterocycles. The first-order valence-corrected chi connectivity index (χ1v) is 30.2. The summed E-state index contributed by atoms with van der Waals surface area (Å²) in [6.45, 7) is 13.7. The average Bonchev–Trinajstić information content (AvgIpc) is 0.797. The smallest absolute Gasteiger partial charge is 0.336 e. The Morgan fingerprint density at radius 2 is 0.409 bits per heavy atom. The van der Waals surface area contributed by atoms with Gasteiger partial charge < -0.3 is 44.8 Å². The molecule has 0 saturated heterocycles. The third-order valence-corrected chi connectivity index (χ3v) is 15.4. The lowest BCUT2D eigenvalue weighted by molar-refractivity contribution is 0.0486. The summed E-state index contributed by atoms with van der Waals surface area (Å²) in [7, 11) is 0. The second-order valence-corrected chi connectivity index (χ2v) is 26.1. The number of aromatic nitrogens is 3. The summed E-state index contributed by atoms with van der Waals surface area (Å²) in [6.07, 6.45) is -2.97. The van der Waals surface area contributed by atoms with Crippen LogP contribution < -0.4 is 17.1 Å². The Balaban J connectivity index is 1.29. The fourth-order valence-electron chi connectivity index (χ4n) is 10.2. The van der Waals surface area contributed by atoms with Crippen LogP contribution in [-0.2, 0) is 33.8 Å². The predicted octanol–water partition coefficient (Wildman–Crippen LogP) is 7.31. The third-order valence-electron chi connectivity index (χ3n) is 15.4. The maximum Gasteiger partial charge on any atom is 0.336 e. The molecule has 7 aromatic rings. The van der Waals surface area contributed by atoms with Crippen molar-refractivity contribution >= 4 is 34.7 Å². The topological polar surface area (TPSA) is 317 Å². The Hall–Kier alpha value is -8.61. The van der Waals surface area contributed by atoms with Crippen LogP contribution in [0.2, 0.25) is 0 Å². The van der Waals surface area contributed by atoms with Crippen molar-refractivity contribution in [1.29, 1.82) is 0 Å². The van der Waals surface area contributed by atoms with Crippen molar-refractivity contribution in [2.75, 3.05) is 19.8 Å². The van der Waals surface area contributed by atoms with Gasteiger partial charge in [-0.15, -0.1) is 0 Å². The minimum atomic E-state index is -1.69. The molecule has 6 aromatic carbocycles. The number of hydrogen-bond donors (Lipinski definition) is 6. The van der Waals surface area contributed by atoms with Crippen molar-refractivity contribution in [1.82, 2.24) is 13.7 Å². The van der Waals surface area contributed by atoms with Crippen molar-refractivity contribution < 1.29 is 73.6 Å². The summed E-state index contributed by atoms with van der Waals surface area (Å²) in [5.74, 6) is -3.32. The van der Waals surface area contributed by atoms with Crippen LogP contribution in [0.1, 0.15) is 197 Å². The molecule has 0 amide bonds. The Labute approximate surface area is 538 Å². The summed E-state index contributed by atoms with van der Waals surface area (Å²) < 4.78 is 21.9. The second-order valence-electron chi connectivity index (χ2n) is 26.1. The molecule has 6 N–H and O–H groups in total. The standard InChI is InChI=1S/C72H81N3O18/c1-67(2,85)58(76)49-25-13-43(14-26-49)55(44-15-27-50(28-16-44)59(77)68(3,4)86)91-40-37-73-64(82)74(38-41-92-56(45-17-29-51(30-18-45)60(78)69(5,6)87)46-19-31-52(32-20-46)61(79)70(7,8)88)66(84)75(65(73)83)39-42-93-57(47-21-33-53(34-22-47)62(80)71(9,10)89)48-23-35-54(36-24-48)63(81)72(11,12)90/h13-36,55-57,85-90H,37-42H2,1-12H3. The monoisotopic (exact) mass is 1280 g/mol. The van der Waals surface area contributed by atoms with Crippen LogP contribution in [-0.4, -0.2) is 132 Å². The first kappa shape index (κ1) is 71.8. The van der Waals surface area contributed by atoms with Crippen LogP contribution in [0.3, 0.4) is 0 Å². The van der Waals surface area contributed by atoms with Gasteiger partial charge in [0, 0.05) is 33.4 Å². The van der Waals surface area contributed by atoms with Crippen LogP contribution in [0.4, 0.5) is 0 Å². The lowest BCUT2D eigenvalue weighted by Gasteiger charge is -2.23. The van der Waals surface area contributed by atoms with Gasteiger partial charge in [-0.1, -0.05) is 146 Å². The molecule has 0 spiro atoms. The van der Waals surface area contributed by atoms with Crippen molar-refractivity contribution in [2.45, 2.75) is 155 Å². The summed E-state index contributed by atoms with van der Waals surface area (Å²) >= 11 is 0. The molecule has 0 saturated carbocycles. The van der Waals surface area contributed by atoms with Crippen molar-refractivity contribution in [3.05, 3.63) is 244 Å². The number of carbonyl (C=O) groups is 6. The molecule has 492 valence electrons. The van der Waals surface area contributed by atoms with E-state index in [1.807, 2.05) is 0 Å². The van der Waals surface area contributed by atoms with E-state index in [0.29, 0.717) is 33.4 Å². The molecule has 0 bridgehead atoms. The third kappa shape index (κ3) is 17.6. The van der Waals surface area contributed by atoms with Crippen molar-refractivity contribution in [2.24, 2.45) is 0 Å². The van der Waals surface area contributed by atoms with Crippen molar-refractivity contribution in [3.63, 3.8) is 0 Å². The van der Waals surface area contributed by atoms with Crippen LogP contribution >= 0.6 is 0 Å². The fraction of sp³-hybridized carbons (Fsp3) is 0.375. The van der Waals surface area contributed by atoms with E-state index in [9.17, 15) is 73.8 Å². The summed E-state index contributed by atoms with van der Waals surface area (Å²) in [6, 6.07) is 37.2. The molecule has 0 atom stereocenters. The van der Waals surface area contributed by atoms with E-state index in [2.05, 4.69) is 0 Å². The normalized spacial score (nSPS) is 12.6. The molecule has 0 fully saturated rings. The van der Waals surface area contributed by atoms with Gasteiger partial charge in [-0.05, 0) is 116 Å². The molecule has 1 aromatic heterocycles. The largest absolute Gasteiger partial charge is 0.382 e. The Bertz CT molecular complexity index is 3390. The van der Waals surface area contributed by atoms with Gasteiger partial charge in [-0.3, -0.25) is 28.8 Å². The van der Waals surface area contributed by atoms with Crippen molar-refractivity contribution in [3.8, 4) is 0 Å². The Kier molecular flexibility index (Phi) is 21.9. The molecular formula is C72H81N3O18. The Morgan fingerprint density at radius 1 is 0.280 bits per heavy atom. The summed E-state index contributed by atoms with van der Waals surface area (Å²) in [5.41, 5.74) is -9.32. The summed E-state index contributed by atoms with van der Waals surface area (Å²) in [4.78, 5) is 123. The van der Waals surface area contributed by atoms with Gasteiger partial charge in [0.2, 0.25) is 0 Å². The molecule has 0 radical (unpaired) electrons. The maximum atomic E-state index is 14.8. The first-order chi connectivity index (χ1) is 43.2. The van der Waals surface area contributed by atoms with E-state index in [4.69, 9.17) is 14.2 Å². The number of Topliss-reactive ketones (excluding diaryl/α,β-unsaturated/α-hetero) is 6. The number of aliphatic hydroxyl groups is 6. The second kappa shape index (κ2) is 28.3. The number of carbonyl (C=O) groups excluding carboxylic acids is 6. The molecular weight excluding hydrogens is 1190 g/mol. The highest BCUT2D eigenvalue weighted by atomic mass is 16.5. The number of nitrogens with zero attached hydrogens (tertiary/aromatic N) is 3. The van der Waals surface area contributed by atoms with Gasteiger partial charge >= 0.3 is 17.1 Å². The van der Waals surface area contributed by atoms with E-state index >= 15 is 0 Å². The number of hydrogen-bond acceptors (Lipinski definition) is 18. The van der Waals surface area contributed by atoms with E-state index in [1.54, 1.807) is 72.8 Å². The van der Waals surface area contributed by atoms with Crippen LogP contribution in [0, 0.1) is 0 Å². The van der Waals surface area contributed by atoms with Gasteiger partial charge in [0.15, 0.2) is 34.7 Å². The Morgan fingerprint density at radius 3 is 0.527 bits per heavy atom. The minimum Gasteiger partial charge on any atom is -0.382 e. The highest BCUT2D eigenvalue weighted by Crippen LogP contribution is 2.32. The fourth-order valence-corrected chi connectivity index (χ4v) is 10.2. The van der Waals surface area contributed by atoms with Gasteiger partial charge in [-0.2, -0.15) is 0 Å². The van der Waals surface area contributed by atoms with Crippen LogP contribution in [0.15, 0.2) is 160 Å². The predicted molar refractivity (Wildman–Crippen MR) is 345 cm³/mol. The molecule has 93 heavy (non-hydrogen) atoms. The molecule has 0 unspecified atom stereocenters. The molecule has 0 aliphatic rings. The zero-order chi connectivity index (χ0) is 68.9. The number of ether oxygens (including phenoxy) is 3. The zero-order valence-electron chi connectivity index (χ0n) is 54.3. The van der Waals surface area contributed by atoms with E-state index in [1.165, 1.54) is 156 Å². The molecule has 7 rings (SSSR count). The summed E-state index contributed by atoms with van der Waals surface area (Å²) in [5, 5.41) is 62.9. The highest BCUT2D eigenvalue weighted by Gasteiger charge is 2.32. The van der Waals surface area contributed by atoms with E-state index < -0.39 is 123 Å². The molecule has 21 nitrogen and oxygen atoms in total. The van der Waals surface area contributed by atoms with E-state index in [0.717, 1.165) is 13.7 Å². The van der Waals surface area contributed by atoms with Crippen LogP contribution in [0.25, 0.3) is 0 Å². The number of rotatable bonds is 30. The quantitative estimate of drug-likeness (QED) is 0.0240. The van der Waals surface area contributed by atoms with Crippen LogP contribution in [0.5, 0.6) is 0 Å². The molecule has 1 heterocycles. The zero-order valence-corrected chi connectivity index (χ0v) is 54.3. The lowest BCUT2D eigenvalue weighted by Crippen LogP contribution is -2.55. The molecule has 0 aliphatic carbocycles. The number of benzene rings is 6.